The Kier molecular flexibility index (Phi) is 3.01. The van der Waals surface area contributed by atoms with Crippen LogP contribution in [0.1, 0.15) is 17.3 Å². The minimum absolute atomic E-state index is 0.177. The number of nitrogens with zero attached hydrogens (tertiary/aromatic N) is 1. The maximum atomic E-state index is 11.2. The molecular formula is C8H9N3O3. The van der Waals surface area contributed by atoms with Crippen LogP contribution in [0.25, 0.3) is 0 Å². The summed E-state index contributed by atoms with van der Waals surface area (Å²) in [7, 11) is 0. The van der Waals surface area contributed by atoms with E-state index < -0.39 is 5.91 Å². The summed E-state index contributed by atoms with van der Waals surface area (Å²) in [5.41, 5.74) is 4.43. The lowest BCUT2D eigenvalue weighted by Gasteiger charge is -2.03. The lowest BCUT2D eigenvalue weighted by atomic mass is 10.3. The first kappa shape index (κ1) is 9.97. The number of pyridine rings is 1. The lowest BCUT2D eigenvalue weighted by Crippen LogP contribution is -2.41. The summed E-state index contributed by atoms with van der Waals surface area (Å²) in [6.45, 7) is 1.26. The molecule has 0 fully saturated rings. The number of carbonyl (C=O) groups excluding carboxylic acids is 2. The first-order valence-electron chi connectivity index (χ1n) is 3.85. The molecule has 2 N–H and O–H groups in total. The second kappa shape index (κ2) is 4.22. The zero-order valence-corrected chi connectivity index (χ0v) is 7.48. The first-order valence-corrected chi connectivity index (χ1v) is 3.85. The van der Waals surface area contributed by atoms with Gasteiger partial charge in [-0.25, -0.2) is 0 Å². The number of carbonyl (C=O) groups is 2. The molecule has 1 aromatic heterocycles. The van der Waals surface area contributed by atoms with E-state index in [9.17, 15) is 14.8 Å². The van der Waals surface area contributed by atoms with Crippen LogP contribution in [0.5, 0.6) is 0 Å². The van der Waals surface area contributed by atoms with Crippen LogP contribution < -0.4 is 15.6 Å². The minimum atomic E-state index is -0.537. The molecule has 2 amide bonds. The predicted molar refractivity (Wildman–Crippen MR) is 46.7 cm³/mol. The van der Waals surface area contributed by atoms with Crippen LogP contribution >= 0.6 is 0 Å². The molecule has 0 unspecified atom stereocenters. The highest BCUT2D eigenvalue weighted by molar-refractivity contribution is 5.94. The highest BCUT2D eigenvalue weighted by Gasteiger charge is 2.07. The van der Waals surface area contributed by atoms with Crippen LogP contribution in [0, 0.1) is 5.21 Å². The number of amides is 2. The molecule has 0 aliphatic rings. The Balaban J connectivity index is 2.65. The van der Waals surface area contributed by atoms with Crippen LogP contribution in [0.2, 0.25) is 0 Å². The summed E-state index contributed by atoms with van der Waals surface area (Å²) in [6, 6.07) is 2.90. The molecule has 0 saturated heterocycles. The largest absolute Gasteiger partial charge is 0.619 e. The molecule has 0 atom stereocenters. The van der Waals surface area contributed by atoms with E-state index in [-0.39, 0.29) is 11.5 Å². The van der Waals surface area contributed by atoms with Gasteiger partial charge in [-0.2, -0.15) is 4.73 Å². The third-order valence-corrected chi connectivity index (χ3v) is 1.39. The summed E-state index contributed by atoms with van der Waals surface area (Å²) >= 11 is 0. The molecule has 74 valence electrons. The molecule has 6 heteroatoms. The molecule has 1 aromatic rings. The maximum absolute atomic E-state index is 11.2. The van der Waals surface area contributed by atoms with Gasteiger partial charge in [-0.3, -0.25) is 20.4 Å². The summed E-state index contributed by atoms with van der Waals surface area (Å²) in [5, 5.41) is 10.8. The van der Waals surface area contributed by atoms with Gasteiger partial charge in [-0.1, -0.05) is 0 Å². The Morgan fingerprint density at radius 1 is 1.43 bits per heavy atom. The van der Waals surface area contributed by atoms with Gasteiger partial charge in [-0.15, -0.1) is 0 Å². The van der Waals surface area contributed by atoms with Crippen molar-refractivity contribution < 1.29 is 14.3 Å². The van der Waals surface area contributed by atoms with Gasteiger partial charge in [0.05, 0.1) is 0 Å². The van der Waals surface area contributed by atoms with Gasteiger partial charge >= 0.3 is 0 Å². The number of hydrogen-bond donors (Lipinski definition) is 2. The third-order valence-electron chi connectivity index (χ3n) is 1.39. The Hall–Kier alpha value is -2.11. The first-order chi connectivity index (χ1) is 6.59. The molecule has 0 aliphatic heterocycles. The molecule has 1 rings (SSSR count). The molecule has 0 spiro atoms. The third kappa shape index (κ3) is 2.74. The number of aromatic nitrogens is 1. The quantitative estimate of drug-likeness (QED) is 0.346. The summed E-state index contributed by atoms with van der Waals surface area (Å²) in [6.07, 6.45) is 2.37. The minimum Gasteiger partial charge on any atom is -0.619 e. The smallest absolute Gasteiger partial charge is 0.275 e. The fourth-order valence-corrected chi connectivity index (χ4v) is 0.806. The summed E-state index contributed by atoms with van der Waals surface area (Å²) in [4.78, 5) is 21.7. The second-order valence-corrected chi connectivity index (χ2v) is 2.59. The standard InChI is InChI=1S/C8H9N3O3/c1-6(12)9-10-8(13)7-3-2-4-11(14)5-7/h2-5H,1H3,(H,9,12)(H,10,13). The summed E-state index contributed by atoms with van der Waals surface area (Å²) in [5.74, 6) is -0.922. The fraction of sp³-hybridized carbons (Fsp3) is 0.125. The van der Waals surface area contributed by atoms with Crippen molar-refractivity contribution in [2.75, 3.05) is 0 Å². The zero-order chi connectivity index (χ0) is 10.6. The molecular weight excluding hydrogens is 186 g/mol. The van der Waals surface area contributed by atoms with Crippen LogP contribution in [0.15, 0.2) is 24.5 Å². The highest BCUT2D eigenvalue weighted by Crippen LogP contribution is 1.92. The van der Waals surface area contributed by atoms with Gasteiger partial charge in [0, 0.05) is 13.0 Å². The molecule has 0 bridgehead atoms. The van der Waals surface area contributed by atoms with E-state index in [1.54, 1.807) is 0 Å². The number of rotatable bonds is 1. The molecule has 6 nitrogen and oxygen atoms in total. The SMILES string of the molecule is CC(=O)NNC(=O)c1ccc[n+]([O-])c1. The second-order valence-electron chi connectivity index (χ2n) is 2.59. The topological polar surface area (TPSA) is 85.1 Å². The van der Waals surface area contributed by atoms with Gasteiger partial charge < -0.3 is 5.21 Å². The highest BCUT2D eigenvalue weighted by atomic mass is 16.5. The number of hydrazine groups is 1. The van der Waals surface area contributed by atoms with E-state index in [1.807, 2.05) is 0 Å². The number of hydrogen-bond acceptors (Lipinski definition) is 3. The van der Waals surface area contributed by atoms with Crippen LogP contribution in [0.3, 0.4) is 0 Å². The molecule has 1 heterocycles. The summed E-state index contributed by atoms with van der Waals surface area (Å²) < 4.78 is 0.503. The van der Waals surface area contributed by atoms with E-state index in [0.29, 0.717) is 4.73 Å². The van der Waals surface area contributed by atoms with Crippen molar-refractivity contribution in [3.05, 3.63) is 35.3 Å². The van der Waals surface area contributed by atoms with Crippen LogP contribution in [-0.2, 0) is 4.79 Å². The van der Waals surface area contributed by atoms with Gasteiger partial charge in [0.2, 0.25) is 5.91 Å². The molecule has 0 radical (unpaired) electrons. The molecule has 0 aromatic carbocycles. The normalized spacial score (nSPS) is 9.21. The van der Waals surface area contributed by atoms with Gasteiger partial charge in [0.25, 0.3) is 5.91 Å². The van der Waals surface area contributed by atoms with E-state index >= 15 is 0 Å². The average molecular weight is 195 g/mol. The molecule has 0 aliphatic carbocycles. The Labute approximate surface area is 80.1 Å². The van der Waals surface area contributed by atoms with E-state index in [2.05, 4.69) is 10.9 Å². The zero-order valence-electron chi connectivity index (χ0n) is 7.48. The van der Waals surface area contributed by atoms with Crippen LogP contribution in [-0.4, -0.2) is 11.8 Å². The van der Waals surface area contributed by atoms with Crippen molar-refractivity contribution in [1.29, 1.82) is 0 Å². The fourth-order valence-electron chi connectivity index (χ4n) is 0.806. The Morgan fingerprint density at radius 2 is 2.14 bits per heavy atom. The van der Waals surface area contributed by atoms with Crippen molar-refractivity contribution >= 4 is 11.8 Å². The van der Waals surface area contributed by atoms with Crippen molar-refractivity contribution in [3.63, 3.8) is 0 Å². The van der Waals surface area contributed by atoms with E-state index in [4.69, 9.17) is 0 Å². The Bertz CT molecular complexity index is 365. The van der Waals surface area contributed by atoms with Crippen LogP contribution in [0.4, 0.5) is 0 Å². The lowest BCUT2D eigenvalue weighted by molar-refractivity contribution is -0.605. The molecule has 0 saturated carbocycles. The van der Waals surface area contributed by atoms with E-state index in [0.717, 1.165) is 6.20 Å². The van der Waals surface area contributed by atoms with Gasteiger partial charge in [-0.05, 0) is 6.07 Å². The van der Waals surface area contributed by atoms with E-state index in [1.165, 1.54) is 25.3 Å². The molecule has 14 heavy (non-hydrogen) atoms. The number of nitrogens with one attached hydrogen (secondary N) is 2. The van der Waals surface area contributed by atoms with Crippen molar-refractivity contribution in [2.24, 2.45) is 0 Å². The van der Waals surface area contributed by atoms with Gasteiger partial charge in [0.1, 0.15) is 5.56 Å². The van der Waals surface area contributed by atoms with Crippen molar-refractivity contribution in [2.45, 2.75) is 6.92 Å². The predicted octanol–water partition coefficient (Wildman–Crippen LogP) is -0.899. The van der Waals surface area contributed by atoms with Gasteiger partial charge in [0.15, 0.2) is 12.4 Å². The van der Waals surface area contributed by atoms with Crippen molar-refractivity contribution in [3.8, 4) is 0 Å². The average Bonchev–Trinajstić information content (AvgIpc) is 2.14. The van der Waals surface area contributed by atoms with Crippen molar-refractivity contribution in [1.82, 2.24) is 10.9 Å². The maximum Gasteiger partial charge on any atom is 0.275 e. The Morgan fingerprint density at radius 3 is 2.71 bits per heavy atom. The monoisotopic (exact) mass is 195 g/mol.